The summed E-state index contributed by atoms with van der Waals surface area (Å²) in [6, 6.07) is 4.73. The first-order valence-corrected chi connectivity index (χ1v) is 9.72. The molecule has 1 N–H and O–H groups in total. The largest absolute Gasteiger partial charge is 0.477 e. The van der Waals surface area contributed by atoms with E-state index in [0.717, 1.165) is 0 Å². The van der Waals surface area contributed by atoms with Crippen LogP contribution in [0, 0.1) is 6.92 Å². The number of aromatic carboxylic acids is 1. The number of nitrogens with zero attached hydrogens (tertiary/aromatic N) is 3. The van der Waals surface area contributed by atoms with Crippen LogP contribution >= 0.6 is 0 Å². The Bertz CT molecular complexity index is 867. The Kier molecular flexibility index (Phi) is 6.27. The van der Waals surface area contributed by atoms with Gasteiger partial charge in [-0.3, -0.25) is 0 Å². The number of carbonyl (C=O) groups is 1. The van der Waals surface area contributed by atoms with Crippen molar-refractivity contribution in [3.63, 3.8) is 0 Å². The summed E-state index contributed by atoms with van der Waals surface area (Å²) in [5.74, 6) is 0.0864. The molecule has 0 bridgehead atoms. The number of aryl methyl sites for hydroxylation is 2. The number of sulfonamides is 1. The van der Waals surface area contributed by atoms with Gasteiger partial charge in [0.15, 0.2) is 0 Å². The molecule has 144 valence electrons. The van der Waals surface area contributed by atoms with Crippen molar-refractivity contribution in [1.82, 2.24) is 13.8 Å². The van der Waals surface area contributed by atoms with Crippen molar-refractivity contribution in [2.24, 2.45) is 0 Å². The molecule has 0 unspecified atom stereocenters. The van der Waals surface area contributed by atoms with E-state index in [0.29, 0.717) is 24.6 Å². The maximum Gasteiger partial charge on any atom is 0.352 e. The summed E-state index contributed by atoms with van der Waals surface area (Å²) < 4.78 is 34.5. The number of carboxylic acid groups (broad SMARTS) is 1. The Morgan fingerprint density at radius 1 is 1.27 bits per heavy atom. The molecule has 0 aliphatic heterocycles. The quantitative estimate of drug-likeness (QED) is 0.710. The predicted molar refractivity (Wildman–Crippen MR) is 96.7 cm³/mol. The van der Waals surface area contributed by atoms with Crippen molar-refractivity contribution in [1.29, 1.82) is 0 Å². The molecule has 0 saturated heterocycles. The molecule has 0 atom stereocenters. The van der Waals surface area contributed by atoms with Crippen LogP contribution in [0.5, 0.6) is 0 Å². The van der Waals surface area contributed by atoms with E-state index < -0.39 is 16.0 Å². The molecule has 0 aromatic carbocycles. The number of rotatable bonds is 9. The average molecular weight is 383 g/mol. The van der Waals surface area contributed by atoms with Crippen LogP contribution in [-0.2, 0) is 23.1 Å². The lowest BCUT2D eigenvalue weighted by Crippen LogP contribution is -2.36. The van der Waals surface area contributed by atoms with E-state index in [4.69, 9.17) is 4.42 Å². The standard InChI is InChI=1S/C17H25N3O5S/c1-5-19-12-15(10-16(19)17(21)22)26(23,24)20(9-8-18(3)4)11-14-7-6-13(2)25-14/h6-7,10,12H,5,8-9,11H2,1-4H3,(H,21,22). The lowest BCUT2D eigenvalue weighted by Gasteiger charge is -2.22. The minimum absolute atomic E-state index is 0.0289. The molecule has 0 aliphatic rings. The summed E-state index contributed by atoms with van der Waals surface area (Å²) in [5, 5.41) is 9.28. The van der Waals surface area contributed by atoms with Gasteiger partial charge in [0.2, 0.25) is 10.0 Å². The fraction of sp³-hybridized carbons (Fsp3) is 0.471. The fourth-order valence-electron chi connectivity index (χ4n) is 2.55. The number of aromatic nitrogens is 1. The molecule has 0 amide bonds. The molecular formula is C17H25N3O5S. The first-order valence-electron chi connectivity index (χ1n) is 8.28. The van der Waals surface area contributed by atoms with Gasteiger partial charge in [-0.15, -0.1) is 0 Å². The van der Waals surface area contributed by atoms with E-state index in [9.17, 15) is 18.3 Å². The molecular weight excluding hydrogens is 358 g/mol. The monoisotopic (exact) mass is 383 g/mol. The smallest absolute Gasteiger partial charge is 0.352 e. The van der Waals surface area contributed by atoms with Gasteiger partial charge < -0.3 is 19.0 Å². The van der Waals surface area contributed by atoms with Crippen molar-refractivity contribution in [3.8, 4) is 0 Å². The average Bonchev–Trinajstić information content (AvgIpc) is 3.17. The van der Waals surface area contributed by atoms with E-state index in [-0.39, 0.29) is 23.7 Å². The molecule has 2 heterocycles. The number of furan rings is 1. The molecule has 8 nitrogen and oxygen atoms in total. The van der Waals surface area contributed by atoms with E-state index in [1.807, 2.05) is 19.0 Å². The van der Waals surface area contributed by atoms with E-state index in [2.05, 4.69) is 0 Å². The number of carboxylic acids is 1. The normalized spacial score (nSPS) is 12.2. The van der Waals surface area contributed by atoms with Gasteiger partial charge in [0, 0.05) is 25.8 Å². The second-order valence-electron chi connectivity index (χ2n) is 6.31. The van der Waals surface area contributed by atoms with Gasteiger partial charge >= 0.3 is 5.97 Å². The van der Waals surface area contributed by atoms with Gasteiger partial charge in [-0.2, -0.15) is 4.31 Å². The highest BCUT2D eigenvalue weighted by molar-refractivity contribution is 7.89. The van der Waals surface area contributed by atoms with Gasteiger partial charge in [-0.25, -0.2) is 13.2 Å². The van der Waals surface area contributed by atoms with Crippen LogP contribution in [-0.4, -0.2) is 60.5 Å². The second kappa shape index (κ2) is 8.07. The van der Waals surface area contributed by atoms with Crippen LogP contribution in [0.15, 0.2) is 33.7 Å². The number of hydrogen-bond acceptors (Lipinski definition) is 5. The van der Waals surface area contributed by atoms with Gasteiger partial charge in [-0.05, 0) is 46.1 Å². The lowest BCUT2D eigenvalue weighted by molar-refractivity contribution is 0.0685. The second-order valence-corrected chi connectivity index (χ2v) is 8.24. The number of hydrogen-bond donors (Lipinski definition) is 1. The molecule has 0 aliphatic carbocycles. The highest BCUT2D eigenvalue weighted by Gasteiger charge is 2.28. The third-order valence-electron chi connectivity index (χ3n) is 3.99. The van der Waals surface area contributed by atoms with Crippen molar-refractivity contribution in [2.45, 2.75) is 31.8 Å². The third kappa shape index (κ3) is 4.54. The van der Waals surface area contributed by atoms with Gasteiger partial charge in [0.1, 0.15) is 22.1 Å². The zero-order chi connectivity index (χ0) is 19.5. The van der Waals surface area contributed by atoms with Gasteiger partial charge in [-0.1, -0.05) is 0 Å². The topological polar surface area (TPSA) is 96.0 Å². The Balaban J connectivity index is 2.39. The Morgan fingerprint density at radius 2 is 1.96 bits per heavy atom. The van der Waals surface area contributed by atoms with Crippen LogP contribution in [0.4, 0.5) is 0 Å². The molecule has 2 aromatic rings. The summed E-state index contributed by atoms with van der Waals surface area (Å²) in [6.45, 7) is 4.80. The Labute approximate surface area is 153 Å². The minimum atomic E-state index is -3.87. The molecule has 0 radical (unpaired) electrons. The molecule has 0 spiro atoms. The summed E-state index contributed by atoms with van der Waals surface area (Å²) in [6.07, 6.45) is 1.37. The lowest BCUT2D eigenvalue weighted by atomic mass is 10.4. The van der Waals surface area contributed by atoms with E-state index >= 15 is 0 Å². The van der Waals surface area contributed by atoms with Crippen molar-refractivity contribution >= 4 is 16.0 Å². The molecule has 26 heavy (non-hydrogen) atoms. The highest BCUT2D eigenvalue weighted by Crippen LogP contribution is 2.22. The summed E-state index contributed by atoms with van der Waals surface area (Å²) in [5.41, 5.74) is -0.0486. The zero-order valence-corrected chi connectivity index (χ0v) is 16.3. The van der Waals surface area contributed by atoms with Crippen LogP contribution in [0.3, 0.4) is 0 Å². The SMILES string of the molecule is CCn1cc(S(=O)(=O)N(CCN(C)C)Cc2ccc(C)o2)cc1C(=O)O. The van der Waals surface area contributed by atoms with Gasteiger partial charge in [0.05, 0.1) is 6.54 Å². The number of likely N-dealkylation sites (N-methyl/N-ethyl adjacent to an activating group) is 1. The third-order valence-corrected chi connectivity index (χ3v) is 5.80. The minimum Gasteiger partial charge on any atom is -0.477 e. The van der Waals surface area contributed by atoms with Crippen LogP contribution in [0.25, 0.3) is 0 Å². The van der Waals surface area contributed by atoms with Crippen LogP contribution in [0.2, 0.25) is 0 Å². The molecule has 2 rings (SSSR count). The summed E-state index contributed by atoms with van der Waals surface area (Å²) in [7, 11) is -0.150. The Hall–Kier alpha value is -2.10. The first-order chi connectivity index (χ1) is 12.1. The maximum atomic E-state index is 13.1. The van der Waals surface area contributed by atoms with E-state index in [1.165, 1.54) is 21.1 Å². The Morgan fingerprint density at radius 3 is 2.42 bits per heavy atom. The molecule has 0 saturated carbocycles. The molecule has 9 heteroatoms. The maximum absolute atomic E-state index is 13.1. The zero-order valence-electron chi connectivity index (χ0n) is 15.5. The van der Waals surface area contributed by atoms with Crippen LogP contribution in [0.1, 0.15) is 28.9 Å². The van der Waals surface area contributed by atoms with Crippen molar-refractivity contribution < 1.29 is 22.7 Å². The van der Waals surface area contributed by atoms with E-state index in [1.54, 1.807) is 26.0 Å². The summed E-state index contributed by atoms with van der Waals surface area (Å²) >= 11 is 0. The van der Waals surface area contributed by atoms with Gasteiger partial charge in [0.25, 0.3) is 0 Å². The van der Waals surface area contributed by atoms with Crippen molar-refractivity contribution in [3.05, 3.63) is 41.6 Å². The highest BCUT2D eigenvalue weighted by atomic mass is 32.2. The summed E-state index contributed by atoms with van der Waals surface area (Å²) in [4.78, 5) is 13.2. The fourth-order valence-corrected chi connectivity index (χ4v) is 3.99. The molecule has 2 aromatic heterocycles. The molecule has 0 fully saturated rings. The predicted octanol–water partition coefficient (Wildman–Crippen LogP) is 1.86. The first kappa shape index (κ1) is 20.2. The van der Waals surface area contributed by atoms with Crippen LogP contribution < -0.4 is 0 Å². The van der Waals surface area contributed by atoms with Crippen molar-refractivity contribution in [2.75, 3.05) is 27.2 Å².